The number of hydrogen-bond acceptors (Lipinski definition) is 7. The highest BCUT2D eigenvalue weighted by atomic mass is 32.2. The molecule has 166 valence electrons. The fourth-order valence-electron chi connectivity index (χ4n) is 4.03. The molecule has 0 radical (unpaired) electrons. The summed E-state index contributed by atoms with van der Waals surface area (Å²) >= 11 is 2.82. The van der Waals surface area contributed by atoms with E-state index in [4.69, 9.17) is 4.42 Å². The molecule has 9 heteroatoms. The molecule has 0 fully saturated rings. The number of thiophene rings is 1. The molecule has 4 aromatic rings. The van der Waals surface area contributed by atoms with Gasteiger partial charge in [0.15, 0.2) is 10.9 Å². The number of aromatic nitrogens is 3. The van der Waals surface area contributed by atoms with E-state index in [1.54, 1.807) is 6.08 Å². The molecule has 5 rings (SSSR count). The Labute approximate surface area is 199 Å². The van der Waals surface area contributed by atoms with E-state index >= 15 is 0 Å². The van der Waals surface area contributed by atoms with Gasteiger partial charge in [-0.3, -0.25) is 9.36 Å². The molecular weight excluding hydrogens is 454 g/mol. The lowest BCUT2D eigenvalue weighted by Gasteiger charge is -2.09. The first kappa shape index (κ1) is 21.5. The van der Waals surface area contributed by atoms with Crippen LogP contribution in [0.3, 0.4) is 0 Å². The van der Waals surface area contributed by atoms with Crippen molar-refractivity contribution >= 4 is 45.0 Å². The number of allylic oxidation sites excluding steroid dienone is 1. The monoisotopic (exact) mass is 475 g/mol. The van der Waals surface area contributed by atoms with E-state index in [1.807, 2.05) is 34.9 Å². The molecule has 0 aliphatic heterocycles. The van der Waals surface area contributed by atoms with Crippen LogP contribution in [-0.4, -0.2) is 26.4 Å². The smallest absolute Gasteiger partial charge is 0.235 e. The van der Waals surface area contributed by atoms with Crippen molar-refractivity contribution in [2.45, 2.75) is 37.4 Å². The number of carbonyl (C=O) groups is 1. The zero-order valence-corrected chi connectivity index (χ0v) is 19.5. The number of anilines is 1. The predicted octanol–water partition coefficient (Wildman–Crippen LogP) is 5.42. The summed E-state index contributed by atoms with van der Waals surface area (Å²) in [4.78, 5) is 13.9. The van der Waals surface area contributed by atoms with Crippen LogP contribution in [0.1, 0.15) is 28.8 Å². The van der Waals surface area contributed by atoms with Gasteiger partial charge in [0, 0.05) is 16.8 Å². The molecule has 0 saturated carbocycles. The number of nitriles is 1. The minimum atomic E-state index is -0.173. The number of carbonyl (C=O) groups excluding carboxylic acids is 1. The molecule has 33 heavy (non-hydrogen) atoms. The van der Waals surface area contributed by atoms with E-state index in [2.05, 4.69) is 28.2 Å². The maximum Gasteiger partial charge on any atom is 0.235 e. The Morgan fingerprint density at radius 1 is 1.33 bits per heavy atom. The van der Waals surface area contributed by atoms with E-state index in [1.165, 1.54) is 28.0 Å². The first-order valence-corrected chi connectivity index (χ1v) is 12.5. The normalized spacial score (nSPS) is 12.9. The first-order chi connectivity index (χ1) is 16.2. The largest absolute Gasteiger partial charge is 0.453 e. The lowest BCUT2D eigenvalue weighted by Crippen LogP contribution is -2.14. The number of nitrogens with zero attached hydrogens (tertiary/aromatic N) is 4. The third kappa shape index (κ3) is 4.19. The lowest BCUT2D eigenvalue weighted by molar-refractivity contribution is -0.113. The van der Waals surface area contributed by atoms with Crippen molar-refractivity contribution in [2.75, 3.05) is 11.1 Å². The molecule has 1 aromatic carbocycles. The Morgan fingerprint density at radius 2 is 2.18 bits per heavy atom. The average molecular weight is 476 g/mol. The van der Waals surface area contributed by atoms with Crippen molar-refractivity contribution in [3.63, 3.8) is 0 Å². The summed E-state index contributed by atoms with van der Waals surface area (Å²) in [5.74, 6) is 1.19. The van der Waals surface area contributed by atoms with Crippen molar-refractivity contribution in [1.82, 2.24) is 14.8 Å². The zero-order valence-electron chi connectivity index (χ0n) is 17.8. The summed E-state index contributed by atoms with van der Waals surface area (Å²) in [6, 6.07) is 12.0. The van der Waals surface area contributed by atoms with Crippen molar-refractivity contribution < 1.29 is 9.21 Å². The highest BCUT2D eigenvalue weighted by molar-refractivity contribution is 7.99. The summed E-state index contributed by atoms with van der Waals surface area (Å²) in [5, 5.41) is 23.4. The van der Waals surface area contributed by atoms with Crippen LogP contribution in [0.4, 0.5) is 5.00 Å². The number of amides is 1. The maximum absolute atomic E-state index is 12.7. The summed E-state index contributed by atoms with van der Waals surface area (Å²) in [5.41, 5.74) is 2.51. The molecule has 0 bridgehead atoms. The number of fused-ring (bicyclic) bond motifs is 2. The number of benzene rings is 1. The maximum atomic E-state index is 12.7. The van der Waals surface area contributed by atoms with Crippen LogP contribution in [0.15, 0.2) is 52.6 Å². The molecule has 1 aliphatic carbocycles. The van der Waals surface area contributed by atoms with Gasteiger partial charge >= 0.3 is 0 Å². The number of aryl methyl sites for hydroxylation is 1. The van der Waals surface area contributed by atoms with Gasteiger partial charge in [-0.25, -0.2) is 0 Å². The van der Waals surface area contributed by atoms with Gasteiger partial charge < -0.3 is 9.73 Å². The van der Waals surface area contributed by atoms with Gasteiger partial charge in [0.2, 0.25) is 11.7 Å². The van der Waals surface area contributed by atoms with Crippen molar-refractivity contribution in [3.8, 4) is 17.7 Å². The molecule has 0 atom stereocenters. The van der Waals surface area contributed by atoms with E-state index in [-0.39, 0.29) is 11.7 Å². The fourth-order valence-corrected chi connectivity index (χ4v) is 6.03. The molecule has 7 nitrogen and oxygen atoms in total. The lowest BCUT2D eigenvalue weighted by atomic mass is 9.96. The van der Waals surface area contributed by atoms with Gasteiger partial charge in [-0.2, -0.15) is 5.26 Å². The van der Waals surface area contributed by atoms with Gasteiger partial charge in [-0.05, 0) is 43.4 Å². The van der Waals surface area contributed by atoms with E-state index < -0.39 is 0 Å². The number of para-hydroxylation sites is 1. The topological polar surface area (TPSA) is 96.7 Å². The second-order valence-corrected chi connectivity index (χ2v) is 9.77. The van der Waals surface area contributed by atoms with Crippen molar-refractivity contribution in [3.05, 3.63) is 59.0 Å². The van der Waals surface area contributed by atoms with E-state index in [0.29, 0.717) is 33.9 Å². The molecule has 3 heterocycles. The van der Waals surface area contributed by atoms with Crippen LogP contribution < -0.4 is 5.32 Å². The van der Waals surface area contributed by atoms with Crippen LogP contribution in [0.5, 0.6) is 0 Å². The van der Waals surface area contributed by atoms with Crippen molar-refractivity contribution in [1.29, 1.82) is 5.26 Å². The number of thioether (sulfide) groups is 1. The number of hydrogen-bond donors (Lipinski definition) is 1. The third-order valence-electron chi connectivity index (χ3n) is 5.54. The summed E-state index contributed by atoms with van der Waals surface area (Å²) in [6.45, 7) is 4.32. The van der Waals surface area contributed by atoms with Gasteiger partial charge in [0.05, 0.1) is 11.3 Å². The predicted molar refractivity (Wildman–Crippen MR) is 130 cm³/mol. The highest BCUT2D eigenvalue weighted by Gasteiger charge is 2.23. The summed E-state index contributed by atoms with van der Waals surface area (Å²) in [7, 11) is 0. The zero-order chi connectivity index (χ0) is 22.8. The Bertz CT molecular complexity index is 1360. The van der Waals surface area contributed by atoms with Crippen LogP contribution in [0.2, 0.25) is 0 Å². The second-order valence-electron chi connectivity index (χ2n) is 7.72. The molecule has 3 aromatic heterocycles. The van der Waals surface area contributed by atoms with E-state index in [9.17, 15) is 10.1 Å². The second kappa shape index (κ2) is 9.25. The van der Waals surface area contributed by atoms with Crippen molar-refractivity contribution in [2.24, 2.45) is 0 Å². The Balaban J connectivity index is 1.33. The van der Waals surface area contributed by atoms with Crippen LogP contribution in [0, 0.1) is 11.3 Å². The van der Waals surface area contributed by atoms with Gasteiger partial charge in [0.25, 0.3) is 0 Å². The molecule has 0 unspecified atom stereocenters. The summed E-state index contributed by atoms with van der Waals surface area (Å²) in [6.07, 6.45) is 5.88. The molecule has 1 amide bonds. The summed E-state index contributed by atoms with van der Waals surface area (Å²) < 4.78 is 7.83. The number of furan rings is 1. The SMILES string of the molecule is C=CCn1c(SCC(=O)Nc2sc3c(c2C#N)CCCC3)nnc1-c1cc2ccccc2o1. The van der Waals surface area contributed by atoms with Gasteiger partial charge in [0.1, 0.15) is 16.7 Å². The Hall–Kier alpha value is -3.35. The van der Waals surface area contributed by atoms with Gasteiger partial charge in [-0.1, -0.05) is 36.0 Å². The Morgan fingerprint density at radius 3 is 3.00 bits per heavy atom. The van der Waals surface area contributed by atoms with Gasteiger partial charge in [-0.15, -0.1) is 28.1 Å². The molecule has 1 N–H and O–H groups in total. The number of nitrogens with one attached hydrogen (secondary N) is 1. The quantitative estimate of drug-likeness (QED) is 0.283. The highest BCUT2D eigenvalue weighted by Crippen LogP contribution is 2.38. The van der Waals surface area contributed by atoms with E-state index in [0.717, 1.165) is 42.2 Å². The average Bonchev–Trinajstić information content (AvgIpc) is 3.52. The molecule has 1 aliphatic rings. The Kier molecular flexibility index (Phi) is 6.03. The van der Waals surface area contributed by atoms with Crippen LogP contribution >= 0.6 is 23.1 Å². The minimum Gasteiger partial charge on any atom is -0.453 e. The fraction of sp³-hybridized carbons (Fsp3) is 0.250. The minimum absolute atomic E-state index is 0.156. The molecular formula is C24H21N5O2S2. The third-order valence-corrected chi connectivity index (χ3v) is 7.72. The first-order valence-electron chi connectivity index (χ1n) is 10.7. The molecule has 0 spiro atoms. The molecule has 0 saturated heterocycles. The number of rotatable bonds is 7. The van der Waals surface area contributed by atoms with Crippen LogP contribution in [-0.2, 0) is 24.2 Å². The standard InChI is InChI=1S/C24H21N5O2S2/c1-2-11-29-22(19-12-15-7-3-5-9-18(15)31-19)27-28-24(29)32-14-21(30)26-23-17(13-25)16-8-4-6-10-20(16)33-23/h2-3,5,7,9,12H,1,4,6,8,10-11,14H2,(H,26,30). The van der Waals surface area contributed by atoms with Crippen LogP contribution in [0.25, 0.3) is 22.6 Å².